The van der Waals surface area contributed by atoms with Crippen LogP contribution in [0.25, 0.3) is 22.3 Å². The van der Waals surface area contributed by atoms with Crippen molar-refractivity contribution >= 4 is 44.4 Å². The predicted octanol–water partition coefficient (Wildman–Crippen LogP) is 6.18. The molecule has 2 aliphatic rings. The SMILES string of the molecule is COc1ccc(-c2cc(=O)c3c(O)c([C@@H]4C=C(C)C[C@H]5C(=O)N(c6ccc(Br)cc6)C(=O)C54)c(OC)cc3o2)cc1. The summed E-state index contributed by atoms with van der Waals surface area (Å²) in [4.78, 5) is 42.1. The lowest BCUT2D eigenvalue weighted by molar-refractivity contribution is -0.122. The molecule has 4 aromatic rings. The van der Waals surface area contributed by atoms with E-state index in [4.69, 9.17) is 13.9 Å². The molecule has 1 fully saturated rings. The summed E-state index contributed by atoms with van der Waals surface area (Å²) in [7, 11) is 3.01. The highest BCUT2D eigenvalue weighted by Gasteiger charge is 2.53. The van der Waals surface area contributed by atoms with E-state index < -0.39 is 23.2 Å². The molecule has 1 saturated heterocycles. The molecule has 0 spiro atoms. The van der Waals surface area contributed by atoms with Crippen molar-refractivity contribution in [3.8, 4) is 28.6 Å². The van der Waals surface area contributed by atoms with E-state index in [0.717, 1.165) is 10.0 Å². The Bertz CT molecular complexity index is 1790. The zero-order chi connectivity index (χ0) is 29.0. The number of phenolic OH excluding ortho intramolecular Hbond substituents is 1. The minimum atomic E-state index is -0.780. The number of hydrogen-bond acceptors (Lipinski definition) is 7. The summed E-state index contributed by atoms with van der Waals surface area (Å²) in [5.41, 5.74) is 2.01. The molecule has 208 valence electrons. The average Bonchev–Trinajstić information content (AvgIpc) is 3.21. The van der Waals surface area contributed by atoms with Gasteiger partial charge in [-0.1, -0.05) is 27.6 Å². The maximum Gasteiger partial charge on any atom is 0.238 e. The number of fused-ring (bicyclic) bond motifs is 2. The van der Waals surface area contributed by atoms with Crippen LogP contribution >= 0.6 is 15.9 Å². The first-order chi connectivity index (χ1) is 19.7. The smallest absolute Gasteiger partial charge is 0.238 e. The van der Waals surface area contributed by atoms with Gasteiger partial charge >= 0.3 is 0 Å². The highest BCUT2D eigenvalue weighted by molar-refractivity contribution is 9.10. The van der Waals surface area contributed by atoms with Gasteiger partial charge in [-0.3, -0.25) is 19.3 Å². The number of carbonyl (C=O) groups excluding carboxylic acids is 2. The fourth-order valence-corrected chi connectivity index (χ4v) is 6.25. The number of anilines is 1. The van der Waals surface area contributed by atoms with Gasteiger partial charge in [-0.25, -0.2) is 0 Å². The van der Waals surface area contributed by atoms with Crippen LogP contribution in [0.2, 0.25) is 0 Å². The van der Waals surface area contributed by atoms with Crippen molar-refractivity contribution in [3.05, 3.63) is 92.6 Å². The van der Waals surface area contributed by atoms with Gasteiger partial charge in [-0.2, -0.15) is 0 Å². The Morgan fingerprint density at radius 3 is 2.32 bits per heavy atom. The molecule has 6 rings (SSSR count). The van der Waals surface area contributed by atoms with Gasteiger partial charge in [0.15, 0.2) is 5.43 Å². The minimum absolute atomic E-state index is 0.0206. The van der Waals surface area contributed by atoms with Crippen molar-refractivity contribution in [1.82, 2.24) is 0 Å². The van der Waals surface area contributed by atoms with Crippen LogP contribution in [-0.4, -0.2) is 31.1 Å². The number of aromatic hydroxyl groups is 1. The van der Waals surface area contributed by atoms with Gasteiger partial charge < -0.3 is 19.0 Å². The first-order valence-corrected chi connectivity index (χ1v) is 13.8. The third-order valence-electron chi connectivity index (χ3n) is 7.88. The summed E-state index contributed by atoms with van der Waals surface area (Å²) < 4.78 is 17.8. The van der Waals surface area contributed by atoms with Crippen LogP contribution in [0, 0.1) is 11.8 Å². The summed E-state index contributed by atoms with van der Waals surface area (Å²) in [5, 5.41) is 11.6. The lowest BCUT2D eigenvalue weighted by Gasteiger charge is -2.30. The number of benzene rings is 3. The molecule has 3 atom stereocenters. The predicted molar refractivity (Wildman–Crippen MR) is 157 cm³/mol. The largest absolute Gasteiger partial charge is 0.507 e. The van der Waals surface area contributed by atoms with E-state index in [1.54, 1.807) is 61.7 Å². The maximum atomic E-state index is 13.9. The number of halogens is 1. The number of hydrogen-bond donors (Lipinski definition) is 1. The Hall–Kier alpha value is -4.37. The number of carbonyl (C=O) groups is 2. The lowest BCUT2D eigenvalue weighted by atomic mass is 9.71. The van der Waals surface area contributed by atoms with Crippen LogP contribution < -0.4 is 19.8 Å². The van der Waals surface area contributed by atoms with Gasteiger partial charge in [0.25, 0.3) is 0 Å². The number of amides is 2. The molecular formula is C32H26BrNO7. The summed E-state index contributed by atoms with van der Waals surface area (Å²) >= 11 is 3.39. The van der Waals surface area contributed by atoms with Gasteiger partial charge in [0.05, 0.1) is 31.7 Å². The van der Waals surface area contributed by atoms with E-state index in [2.05, 4.69) is 15.9 Å². The second-order valence-electron chi connectivity index (χ2n) is 10.3. The summed E-state index contributed by atoms with van der Waals surface area (Å²) in [6, 6.07) is 16.9. The number of rotatable bonds is 5. The van der Waals surface area contributed by atoms with Gasteiger partial charge in [-0.05, 0) is 61.9 Å². The fraction of sp³-hybridized carbons (Fsp3) is 0.219. The van der Waals surface area contributed by atoms with Gasteiger partial charge in [0, 0.05) is 33.7 Å². The second kappa shape index (κ2) is 10.2. The molecule has 8 nitrogen and oxygen atoms in total. The summed E-state index contributed by atoms with van der Waals surface area (Å²) in [6.07, 6.45) is 2.30. The first-order valence-electron chi connectivity index (χ1n) is 13.0. The Morgan fingerprint density at radius 2 is 1.66 bits per heavy atom. The lowest BCUT2D eigenvalue weighted by Crippen LogP contribution is -2.31. The molecule has 1 aliphatic heterocycles. The molecule has 0 bridgehead atoms. The number of phenols is 1. The van der Waals surface area contributed by atoms with E-state index in [1.807, 2.05) is 13.0 Å². The van der Waals surface area contributed by atoms with Crippen molar-refractivity contribution in [2.45, 2.75) is 19.3 Å². The van der Waals surface area contributed by atoms with Gasteiger partial charge in [0.1, 0.15) is 34.0 Å². The molecule has 3 aromatic carbocycles. The second-order valence-corrected chi connectivity index (χ2v) is 11.2. The highest BCUT2D eigenvalue weighted by atomic mass is 79.9. The summed E-state index contributed by atoms with van der Waals surface area (Å²) in [6.45, 7) is 1.89. The highest BCUT2D eigenvalue weighted by Crippen LogP contribution is 2.52. The Morgan fingerprint density at radius 1 is 0.951 bits per heavy atom. The van der Waals surface area contributed by atoms with Crippen molar-refractivity contribution in [3.63, 3.8) is 0 Å². The molecule has 41 heavy (non-hydrogen) atoms. The quantitative estimate of drug-likeness (QED) is 0.211. The zero-order valence-corrected chi connectivity index (χ0v) is 24.1. The third kappa shape index (κ3) is 4.41. The molecule has 1 aromatic heterocycles. The van der Waals surface area contributed by atoms with Gasteiger partial charge in [-0.15, -0.1) is 0 Å². The minimum Gasteiger partial charge on any atom is -0.507 e. The van der Waals surface area contributed by atoms with Crippen LogP contribution in [0.1, 0.15) is 24.8 Å². The molecule has 0 saturated carbocycles. The van der Waals surface area contributed by atoms with Crippen molar-refractivity contribution < 1.29 is 28.6 Å². The van der Waals surface area contributed by atoms with Gasteiger partial charge in [0.2, 0.25) is 11.8 Å². The van der Waals surface area contributed by atoms with Crippen molar-refractivity contribution in [1.29, 1.82) is 0 Å². The van der Waals surface area contributed by atoms with E-state index >= 15 is 0 Å². The molecule has 1 aliphatic carbocycles. The van der Waals surface area contributed by atoms with E-state index in [1.165, 1.54) is 18.1 Å². The Balaban J connectivity index is 1.48. The van der Waals surface area contributed by atoms with Crippen LogP contribution in [0.15, 0.2) is 86.0 Å². The van der Waals surface area contributed by atoms with Crippen LogP contribution in [-0.2, 0) is 9.59 Å². The maximum absolute atomic E-state index is 13.9. The van der Waals surface area contributed by atoms with Crippen LogP contribution in [0.5, 0.6) is 17.2 Å². The number of nitrogens with zero attached hydrogens (tertiary/aromatic N) is 1. The third-order valence-corrected chi connectivity index (χ3v) is 8.41. The first kappa shape index (κ1) is 26.8. The molecule has 1 N–H and O–H groups in total. The Labute approximate surface area is 243 Å². The fourth-order valence-electron chi connectivity index (χ4n) is 5.98. The molecule has 9 heteroatoms. The van der Waals surface area contributed by atoms with E-state index in [0.29, 0.717) is 29.2 Å². The molecule has 2 amide bonds. The van der Waals surface area contributed by atoms with Crippen molar-refractivity contribution in [2.75, 3.05) is 19.1 Å². The standard InChI is InChI=1S/C32H26BrNO7/c1-16-12-21(27-22(13-16)31(37)34(32(27)38)19-8-6-18(33)7-9-19)28-25(40-3)15-26-29(30(28)36)23(35)14-24(41-26)17-4-10-20(39-2)11-5-17/h4-12,14-15,21-22,27,36H,13H2,1-3H3/t21-,22-,27?/m1/s1. The summed E-state index contributed by atoms with van der Waals surface area (Å²) in [5.74, 6) is -1.85. The monoisotopic (exact) mass is 615 g/mol. The number of allylic oxidation sites excluding steroid dienone is 2. The number of imide groups is 1. The Kier molecular flexibility index (Phi) is 6.69. The number of methoxy groups -OCH3 is 2. The molecular weight excluding hydrogens is 590 g/mol. The normalized spacial score (nSPS) is 20.2. The topological polar surface area (TPSA) is 106 Å². The molecule has 2 heterocycles. The van der Waals surface area contributed by atoms with Crippen molar-refractivity contribution in [2.24, 2.45) is 11.8 Å². The van der Waals surface area contributed by atoms with E-state index in [-0.39, 0.29) is 39.8 Å². The average molecular weight is 616 g/mol. The number of ether oxygens (including phenoxy) is 2. The van der Waals surface area contributed by atoms with Crippen LogP contribution in [0.4, 0.5) is 5.69 Å². The molecule has 0 radical (unpaired) electrons. The zero-order valence-electron chi connectivity index (χ0n) is 22.5. The van der Waals surface area contributed by atoms with Crippen LogP contribution in [0.3, 0.4) is 0 Å². The molecule has 1 unspecified atom stereocenters. The van der Waals surface area contributed by atoms with E-state index in [9.17, 15) is 19.5 Å².